The van der Waals surface area contributed by atoms with E-state index < -0.39 is 23.8 Å². The Bertz CT molecular complexity index is 532. The highest BCUT2D eigenvalue weighted by atomic mass is 16.4. The van der Waals surface area contributed by atoms with Crippen LogP contribution in [-0.4, -0.2) is 47.5 Å². The third-order valence-electron chi connectivity index (χ3n) is 3.27. The molecule has 1 aromatic carbocycles. The van der Waals surface area contributed by atoms with Crippen LogP contribution in [0.4, 0.5) is 10.5 Å². The van der Waals surface area contributed by atoms with Gasteiger partial charge >= 0.3 is 12.0 Å². The Kier molecular flexibility index (Phi) is 4.89. The highest BCUT2D eigenvalue weighted by molar-refractivity contribution is 6.01. The zero-order valence-electron chi connectivity index (χ0n) is 11.4. The van der Waals surface area contributed by atoms with Gasteiger partial charge in [-0.15, -0.1) is 0 Å². The molecule has 1 heterocycles. The minimum absolute atomic E-state index is 0.0198. The third-order valence-corrected chi connectivity index (χ3v) is 3.27. The van der Waals surface area contributed by atoms with Gasteiger partial charge in [0.05, 0.1) is 12.5 Å². The summed E-state index contributed by atoms with van der Waals surface area (Å²) < 4.78 is 0. The number of hydrogen-bond acceptors (Lipinski definition) is 4. The number of benzene rings is 1. The molecule has 21 heavy (non-hydrogen) atoms. The van der Waals surface area contributed by atoms with Crippen molar-refractivity contribution < 1.29 is 19.5 Å². The molecule has 0 spiro atoms. The number of carboxylic acid groups (broad SMARTS) is 1. The van der Waals surface area contributed by atoms with Gasteiger partial charge in [0, 0.05) is 12.2 Å². The van der Waals surface area contributed by atoms with Crippen LogP contribution in [0.15, 0.2) is 30.3 Å². The van der Waals surface area contributed by atoms with E-state index >= 15 is 0 Å². The number of aliphatic carboxylic acids is 1. The lowest BCUT2D eigenvalue weighted by Gasteiger charge is -2.14. The van der Waals surface area contributed by atoms with E-state index in [9.17, 15) is 14.4 Å². The predicted molar refractivity (Wildman–Crippen MR) is 75.8 cm³/mol. The van der Waals surface area contributed by atoms with Gasteiger partial charge in [-0.05, 0) is 25.1 Å². The minimum Gasteiger partial charge on any atom is -0.481 e. The maximum absolute atomic E-state index is 11.7. The van der Waals surface area contributed by atoms with Gasteiger partial charge in [-0.25, -0.2) is 4.79 Å². The molecule has 2 rings (SSSR count). The monoisotopic (exact) mass is 291 g/mol. The van der Waals surface area contributed by atoms with Gasteiger partial charge in [0.1, 0.15) is 0 Å². The van der Waals surface area contributed by atoms with Crippen LogP contribution in [0.2, 0.25) is 0 Å². The first-order valence-corrected chi connectivity index (χ1v) is 6.65. The first kappa shape index (κ1) is 15.0. The van der Waals surface area contributed by atoms with Crippen LogP contribution in [-0.2, 0) is 9.59 Å². The largest absolute Gasteiger partial charge is 0.481 e. The summed E-state index contributed by atoms with van der Waals surface area (Å²) in [6.45, 7) is 0.903. The molecule has 1 aliphatic heterocycles. The fourth-order valence-corrected chi connectivity index (χ4v) is 2.23. The zero-order chi connectivity index (χ0) is 15.2. The quantitative estimate of drug-likeness (QED) is 0.760. The lowest BCUT2D eigenvalue weighted by molar-refractivity contribution is -0.141. The number of imide groups is 1. The molecule has 0 aromatic heterocycles. The van der Waals surface area contributed by atoms with Crippen molar-refractivity contribution in [1.82, 2.24) is 10.2 Å². The summed E-state index contributed by atoms with van der Waals surface area (Å²) >= 11 is 0. The van der Waals surface area contributed by atoms with Gasteiger partial charge in [-0.3, -0.25) is 19.8 Å². The van der Waals surface area contributed by atoms with E-state index in [0.717, 1.165) is 0 Å². The SMILES string of the molecule is O=C(CN1CCC(C(=O)O)C1)NC(=O)Nc1ccccc1. The Morgan fingerprint density at radius 1 is 1.24 bits per heavy atom. The Labute approximate surface area is 121 Å². The maximum atomic E-state index is 11.7. The standard InChI is InChI=1S/C14H17N3O4/c18-12(9-17-7-6-10(8-17)13(19)20)16-14(21)15-11-4-2-1-3-5-11/h1-5,10H,6-9H2,(H,19,20)(H2,15,16,18,21). The fourth-order valence-electron chi connectivity index (χ4n) is 2.23. The van der Waals surface area contributed by atoms with E-state index in [2.05, 4.69) is 10.6 Å². The molecule has 7 nitrogen and oxygen atoms in total. The number of carboxylic acids is 1. The van der Waals surface area contributed by atoms with Crippen LogP contribution >= 0.6 is 0 Å². The first-order valence-electron chi connectivity index (χ1n) is 6.65. The molecule has 1 aromatic rings. The molecule has 1 fully saturated rings. The van der Waals surface area contributed by atoms with Crippen LogP contribution in [0.1, 0.15) is 6.42 Å². The van der Waals surface area contributed by atoms with Crippen LogP contribution in [0.5, 0.6) is 0 Å². The molecule has 1 aliphatic rings. The number of nitrogens with one attached hydrogen (secondary N) is 2. The Morgan fingerprint density at radius 3 is 2.57 bits per heavy atom. The average Bonchev–Trinajstić information content (AvgIpc) is 2.88. The number of rotatable bonds is 4. The van der Waals surface area contributed by atoms with Gasteiger partial charge in [-0.2, -0.15) is 0 Å². The number of carbonyl (C=O) groups is 3. The summed E-state index contributed by atoms with van der Waals surface area (Å²) in [5.41, 5.74) is 0.593. The lowest BCUT2D eigenvalue weighted by atomic mass is 10.1. The van der Waals surface area contributed by atoms with E-state index in [1.807, 2.05) is 6.07 Å². The summed E-state index contributed by atoms with van der Waals surface area (Å²) in [6.07, 6.45) is 0.527. The molecule has 7 heteroatoms. The minimum atomic E-state index is -0.847. The zero-order valence-corrected chi connectivity index (χ0v) is 11.4. The van der Waals surface area contributed by atoms with Crippen molar-refractivity contribution in [2.75, 3.05) is 25.0 Å². The molecule has 3 N–H and O–H groups in total. The van der Waals surface area contributed by atoms with E-state index in [1.165, 1.54) is 0 Å². The number of urea groups is 1. The third kappa shape index (κ3) is 4.57. The normalized spacial score (nSPS) is 18.2. The summed E-state index contributed by atoms with van der Waals surface area (Å²) in [7, 11) is 0. The lowest BCUT2D eigenvalue weighted by Crippen LogP contribution is -2.41. The second kappa shape index (κ2) is 6.85. The molecule has 3 amide bonds. The smallest absolute Gasteiger partial charge is 0.325 e. The Balaban J connectivity index is 1.75. The number of amides is 3. The topological polar surface area (TPSA) is 98.7 Å². The molecule has 1 atom stereocenters. The van der Waals surface area contributed by atoms with Crippen LogP contribution < -0.4 is 10.6 Å². The molecule has 1 unspecified atom stereocenters. The molecule has 0 bridgehead atoms. The van der Waals surface area contributed by atoms with Gasteiger partial charge < -0.3 is 10.4 Å². The van der Waals surface area contributed by atoms with E-state index in [4.69, 9.17) is 5.11 Å². The number of anilines is 1. The molecule has 0 aliphatic carbocycles. The highest BCUT2D eigenvalue weighted by Crippen LogP contribution is 2.15. The van der Waals surface area contributed by atoms with Crippen molar-refractivity contribution in [2.45, 2.75) is 6.42 Å². The van der Waals surface area contributed by atoms with Gasteiger partial charge in [0.25, 0.3) is 0 Å². The van der Waals surface area contributed by atoms with Crippen molar-refractivity contribution in [2.24, 2.45) is 5.92 Å². The van der Waals surface area contributed by atoms with E-state index in [0.29, 0.717) is 25.2 Å². The molecule has 0 radical (unpaired) electrons. The predicted octanol–water partition coefficient (Wildman–Crippen LogP) is 0.741. The van der Waals surface area contributed by atoms with Gasteiger partial charge in [-0.1, -0.05) is 18.2 Å². The number of hydrogen-bond donors (Lipinski definition) is 3. The van der Waals surface area contributed by atoms with Crippen LogP contribution in [0, 0.1) is 5.92 Å². The van der Waals surface area contributed by atoms with Crippen LogP contribution in [0.25, 0.3) is 0 Å². The van der Waals surface area contributed by atoms with Crippen molar-refractivity contribution in [3.05, 3.63) is 30.3 Å². The molecular weight excluding hydrogens is 274 g/mol. The Morgan fingerprint density at radius 2 is 1.95 bits per heavy atom. The summed E-state index contributed by atoms with van der Waals surface area (Å²) in [5, 5.41) is 13.6. The van der Waals surface area contributed by atoms with Crippen LogP contribution in [0.3, 0.4) is 0 Å². The number of carbonyl (C=O) groups excluding carboxylic acids is 2. The van der Waals surface area contributed by atoms with Crippen molar-refractivity contribution in [3.63, 3.8) is 0 Å². The van der Waals surface area contributed by atoms with Gasteiger partial charge in [0.15, 0.2) is 0 Å². The maximum Gasteiger partial charge on any atom is 0.325 e. The summed E-state index contributed by atoms with van der Waals surface area (Å²) in [5.74, 6) is -1.73. The molecule has 1 saturated heterocycles. The molecular formula is C14H17N3O4. The summed E-state index contributed by atoms with van der Waals surface area (Å²) in [4.78, 5) is 35.9. The summed E-state index contributed by atoms with van der Waals surface area (Å²) in [6, 6.07) is 8.19. The molecule has 112 valence electrons. The highest BCUT2D eigenvalue weighted by Gasteiger charge is 2.29. The van der Waals surface area contributed by atoms with E-state index in [-0.39, 0.29) is 6.54 Å². The fraction of sp³-hybridized carbons (Fsp3) is 0.357. The van der Waals surface area contributed by atoms with Crippen molar-refractivity contribution in [3.8, 4) is 0 Å². The number of nitrogens with zero attached hydrogens (tertiary/aromatic N) is 1. The van der Waals surface area contributed by atoms with Crippen molar-refractivity contribution >= 4 is 23.6 Å². The Hall–Kier alpha value is -2.41. The van der Waals surface area contributed by atoms with E-state index in [1.54, 1.807) is 29.2 Å². The number of likely N-dealkylation sites (tertiary alicyclic amines) is 1. The average molecular weight is 291 g/mol. The second-order valence-corrected chi connectivity index (χ2v) is 4.93. The second-order valence-electron chi connectivity index (χ2n) is 4.93. The van der Waals surface area contributed by atoms with Gasteiger partial charge in [0.2, 0.25) is 5.91 Å². The van der Waals surface area contributed by atoms with Crippen molar-refractivity contribution in [1.29, 1.82) is 0 Å². The first-order chi connectivity index (χ1) is 10.0. The molecule has 0 saturated carbocycles. The number of para-hydroxylation sites is 1.